The fourth-order valence-electron chi connectivity index (χ4n) is 2.71. The number of thiophene rings is 1. The lowest BCUT2D eigenvalue weighted by Crippen LogP contribution is -2.23. The summed E-state index contributed by atoms with van der Waals surface area (Å²) in [5.41, 5.74) is 7.00. The molecule has 0 saturated carbocycles. The number of H-pyrrole nitrogens is 1. The number of nitrogens with zero attached hydrogens (tertiary/aromatic N) is 2. The smallest absolute Gasteiger partial charge is 0.341 e. The SMILES string of the molecule is COC(=O)c1c(NC(=O)[C@H](C)Sc2n[nH]c(N)n2)sc2c1CCCC2. The third kappa shape index (κ3) is 3.79. The second kappa shape index (κ2) is 7.44. The summed E-state index contributed by atoms with van der Waals surface area (Å²) in [5, 5.41) is 9.83. The summed E-state index contributed by atoms with van der Waals surface area (Å²) in [6, 6.07) is 0. The van der Waals surface area contributed by atoms with Crippen LogP contribution in [0, 0.1) is 0 Å². The number of hydrogen-bond acceptors (Lipinski definition) is 8. The van der Waals surface area contributed by atoms with E-state index >= 15 is 0 Å². The van der Waals surface area contributed by atoms with Gasteiger partial charge in [-0.15, -0.1) is 16.4 Å². The number of carbonyl (C=O) groups is 2. The second-order valence-electron chi connectivity index (χ2n) is 5.66. The van der Waals surface area contributed by atoms with E-state index in [4.69, 9.17) is 10.5 Å². The highest BCUT2D eigenvalue weighted by atomic mass is 32.2. The van der Waals surface area contributed by atoms with Crippen molar-refractivity contribution in [2.75, 3.05) is 18.2 Å². The fraction of sp³-hybridized carbons (Fsp3) is 0.467. The monoisotopic (exact) mass is 381 g/mol. The van der Waals surface area contributed by atoms with E-state index in [1.807, 2.05) is 0 Å². The molecule has 10 heteroatoms. The molecule has 0 saturated heterocycles. The van der Waals surface area contributed by atoms with Crippen LogP contribution in [0.2, 0.25) is 0 Å². The number of nitrogens with one attached hydrogen (secondary N) is 2. The highest BCUT2D eigenvalue weighted by molar-refractivity contribution is 8.00. The molecule has 0 aliphatic heterocycles. The Kier molecular flexibility index (Phi) is 5.28. The number of nitrogen functional groups attached to an aromatic ring is 1. The predicted molar refractivity (Wildman–Crippen MR) is 97.0 cm³/mol. The number of thioether (sulfide) groups is 1. The number of hydrogen-bond donors (Lipinski definition) is 3. The molecular weight excluding hydrogens is 362 g/mol. The Morgan fingerprint density at radius 2 is 2.16 bits per heavy atom. The average molecular weight is 381 g/mol. The predicted octanol–water partition coefficient (Wildman–Crippen LogP) is 2.23. The first kappa shape index (κ1) is 17.7. The molecule has 2 aromatic rings. The van der Waals surface area contributed by atoms with Crippen LogP contribution in [0.4, 0.5) is 10.9 Å². The average Bonchev–Trinajstić information content (AvgIpc) is 3.16. The van der Waals surface area contributed by atoms with Gasteiger partial charge in [0.2, 0.25) is 17.0 Å². The summed E-state index contributed by atoms with van der Waals surface area (Å²) in [4.78, 5) is 29.9. The van der Waals surface area contributed by atoms with Crippen molar-refractivity contribution in [1.29, 1.82) is 0 Å². The molecular formula is C15H19N5O3S2. The molecule has 1 atom stereocenters. The molecule has 25 heavy (non-hydrogen) atoms. The first-order valence-corrected chi connectivity index (χ1v) is 9.57. The highest BCUT2D eigenvalue weighted by Gasteiger charge is 2.28. The van der Waals surface area contributed by atoms with Crippen molar-refractivity contribution in [3.8, 4) is 0 Å². The van der Waals surface area contributed by atoms with Gasteiger partial charge in [-0.05, 0) is 38.2 Å². The number of ether oxygens (including phenoxy) is 1. The third-order valence-corrected chi connectivity index (χ3v) is 6.10. The lowest BCUT2D eigenvalue weighted by Gasteiger charge is -2.12. The Labute approximate surface area is 152 Å². The minimum atomic E-state index is -0.445. The van der Waals surface area contributed by atoms with Crippen LogP contribution in [0.1, 0.15) is 40.6 Å². The number of amides is 1. The zero-order valence-electron chi connectivity index (χ0n) is 13.9. The normalized spacial score (nSPS) is 14.6. The lowest BCUT2D eigenvalue weighted by molar-refractivity contribution is -0.115. The zero-order valence-corrected chi connectivity index (χ0v) is 15.6. The van der Waals surface area contributed by atoms with Crippen LogP contribution >= 0.6 is 23.1 Å². The van der Waals surface area contributed by atoms with E-state index in [2.05, 4.69) is 20.5 Å². The van der Waals surface area contributed by atoms with Crippen molar-refractivity contribution >= 4 is 45.9 Å². The van der Waals surface area contributed by atoms with Crippen molar-refractivity contribution in [1.82, 2.24) is 15.2 Å². The number of esters is 1. The number of aromatic nitrogens is 3. The Hall–Kier alpha value is -2.07. The van der Waals surface area contributed by atoms with Crippen LogP contribution in [-0.4, -0.2) is 39.4 Å². The Balaban J connectivity index is 1.78. The number of nitrogens with two attached hydrogens (primary N) is 1. The maximum atomic E-state index is 12.5. The molecule has 1 amide bonds. The minimum absolute atomic E-state index is 0.203. The van der Waals surface area contributed by atoms with Gasteiger partial charge in [-0.25, -0.2) is 9.89 Å². The van der Waals surface area contributed by atoms with Crippen LogP contribution in [0.25, 0.3) is 0 Å². The highest BCUT2D eigenvalue weighted by Crippen LogP contribution is 2.39. The van der Waals surface area contributed by atoms with Crippen LogP contribution < -0.4 is 11.1 Å². The van der Waals surface area contributed by atoms with Gasteiger partial charge in [-0.2, -0.15) is 4.98 Å². The van der Waals surface area contributed by atoms with E-state index in [1.54, 1.807) is 6.92 Å². The zero-order chi connectivity index (χ0) is 18.0. The molecule has 1 aliphatic rings. The number of fused-ring (bicyclic) bond motifs is 1. The summed E-state index contributed by atoms with van der Waals surface area (Å²) < 4.78 is 4.92. The quantitative estimate of drug-likeness (QED) is 0.536. The van der Waals surface area contributed by atoms with Gasteiger partial charge >= 0.3 is 5.97 Å². The number of anilines is 2. The maximum Gasteiger partial charge on any atom is 0.341 e. The lowest BCUT2D eigenvalue weighted by atomic mass is 9.95. The molecule has 4 N–H and O–H groups in total. The topological polar surface area (TPSA) is 123 Å². The third-order valence-electron chi connectivity index (χ3n) is 3.93. The molecule has 1 aliphatic carbocycles. The summed E-state index contributed by atoms with van der Waals surface area (Å²) in [6.45, 7) is 1.75. The molecule has 0 aromatic carbocycles. The standard InChI is InChI=1S/C15H19N5O3S2/c1-7(24-15-18-14(16)19-20-15)11(21)17-12-10(13(22)23-2)8-5-3-4-6-9(8)25-12/h7H,3-6H2,1-2H3,(H,17,21)(H3,16,18,19,20)/t7-/m0/s1. The van der Waals surface area contributed by atoms with Crippen molar-refractivity contribution in [2.45, 2.75) is 43.0 Å². The first-order valence-electron chi connectivity index (χ1n) is 7.87. The Morgan fingerprint density at radius 3 is 2.84 bits per heavy atom. The van der Waals surface area contributed by atoms with Gasteiger partial charge in [0.1, 0.15) is 5.00 Å². The van der Waals surface area contributed by atoms with Crippen LogP contribution in [0.3, 0.4) is 0 Å². The number of aromatic amines is 1. The number of rotatable bonds is 5. The van der Waals surface area contributed by atoms with Gasteiger partial charge < -0.3 is 15.8 Å². The maximum absolute atomic E-state index is 12.5. The summed E-state index contributed by atoms with van der Waals surface area (Å²) in [7, 11) is 1.35. The van der Waals surface area contributed by atoms with Crippen molar-refractivity contribution in [3.05, 3.63) is 16.0 Å². The first-order chi connectivity index (χ1) is 12.0. The Morgan fingerprint density at radius 1 is 1.40 bits per heavy atom. The molecule has 0 radical (unpaired) electrons. The molecule has 0 bridgehead atoms. The number of methoxy groups -OCH3 is 1. The van der Waals surface area contributed by atoms with Gasteiger partial charge in [0.15, 0.2) is 0 Å². The minimum Gasteiger partial charge on any atom is -0.465 e. The molecule has 0 unspecified atom stereocenters. The molecule has 2 aromatic heterocycles. The second-order valence-corrected chi connectivity index (χ2v) is 8.07. The molecule has 0 fully saturated rings. The van der Waals surface area contributed by atoms with Crippen molar-refractivity contribution in [3.63, 3.8) is 0 Å². The van der Waals surface area contributed by atoms with Crippen molar-refractivity contribution < 1.29 is 14.3 Å². The van der Waals surface area contributed by atoms with Gasteiger partial charge in [-0.1, -0.05) is 11.8 Å². The summed E-state index contributed by atoms with van der Waals surface area (Å²) in [5.74, 6) is -0.428. The van der Waals surface area contributed by atoms with Gasteiger partial charge in [0.05, 0.1) is 17.9 Å². The van der Waals surface area contributed by atoms with Crippen LogP contribution in [-0.2, 0) is 22.4 Å². The van der Waals surface area contributed by atoms with Gasteiger partial charge in [0.25, 0.3) is 0 Å². The fourth-order valence-corrected chi connectivity index (χ4v) is 4.72. The van der Waals surface area contributed by atoms with E-state index in [9.17, 15) is 9.59 Å². The molecule has 0 spiro atoms. The van der Waals surface area contributed by atoms with E-state index < -0.39 is 11.2 Å². The molecule has 8 nitrogen and oxygen atoms in total. The van der Waals surface area contributed by atoms with Gasteiger partial charge in [-0.3, -0.25) is 4.79 Å². The largest absolute Gasteiger partial charge is 0.465 e. The van der Waals surface area contributed by atoms with E-state index in [0.717, 1.165) is 36.1 Å². The van der Waals surface area contributed by atoms with Crippen LogP contribution in [0.5, 0.6) is 0 Å². The molecule has 3 rings (SSSR count). The van der Waals surface area contributed by atoms with E-state index in [0.29, 0.717) is 15.7 Å². The summed E-state index contributed by atoms with van der Waals surface area (Å²) >= 11 is 2.65. The van der Waals surface area contributed by atoms with Crippen molar-refractivity contribution in [2.24, 2.45) is 0 Å². The summed E-state index contributed by atoms with van der Waals surface area (Å²) in [6.07, 6.45) is 3.91. The number of carbonyl (C=O) groups excluding carboxylic acids is 2. The molecule has 134 valence electrons. The van der Waals surface area contributed by atoms with E-state index in [1.165, 1.54) is 30.2 Å². The van der Waals surface area contributed by atoms with Crippen LogP contribution in [0.15, 0.2) is 5.16 Å². The van der Waals surface area contributed by atoms with Gasteiger partial charge in [0, 0.05) is 4.88 Å². The van der Waals surface area contributed by atoms with E-state index in [-0.39, 0.29) is 11.9 Å². The molecule has 2 heterocycles. The number of aryl methyl sites for hydroxylation is 1. The Bertz CT molecular complexity index is 801.